The molecule has 2 aliphatic heterocycles. The second-order valence-electron chi connectivity index (χ2n) is 8.14. The van der Waals surface area contributed by atoms with Crippen LogP contribution in [0.1, 0.15) is 48.5 Å². The molecule has 0 saturated carbocycles. The van der Waals surface area contributed by atoms with Crippen LogP contribution in [0.3, 0.4) is 0 Å². The summed E-state index contributed by atoms with van der Waals surface area (Å²) in [5, 5.41) is 23.9. The molecule has 0 aromatic carbocycles. The van der Waals surface area contributed by atoms with Crippen LogP contribution in [0.2, 0.25) is 0 Å². The van der Waals surface area contributed by atoms with Gasteiger partial charge in [-0.1, -0.05) is 6.07 Å². The van der Waals surface area contributed by atoms with E-state index in [1.165, 1.54) is 5.56 Å². The molecule has 0 radical (unpaired) electrons. The van der Waals surface area contributed by atoms with Gasteiger partial charge in [0.05, 0.1) is 12.5 Å². The number of ether oxygens (including phenoxy) is 2. The summed E-state index contributed by atoms with van der Waals surface area (Å²) in [7, 11) is 0. The van der Waals surface area contributed by atoms with E-state index in [4.69, 9.17) is 19.9 Å². The van der Waals surface area contributed by atoms with E-state index >= 15 is 0 Å². The Balaban J connectivity index is 1.28. The lowest BCUT2D eigenvalue weighted by Gasteiger charge is -2.20. The molecule has 9 nitrogen and oxygen atoms in total. The number of hydrogen-bond donors (Lipinski definition) is 4. The average molecular weight is 452 g/mol. The fraction of sp³-hybridized carbons (Fsp3) is 0.417. The minimum absolute atomic E-state index is 0.128. The van der Waals surface area contributed by atoms with Crippen molar-refractivity contribution in [2.24, 2.45) is 0 Å². The molecule has 1 atom stereocenters. The first kappa shape index (κ1) is 22.6. The molecule has 0 aliphatic carbocycles. The number of carboxylic acid groups (broad SMARTS) is 1. The Kier molecular flexibility index (Phi) is 7.39. The van der Waals surface area contributed by atoms with Gasteiger partial charge >= 0.3 is 5.97 Å². The fourth-order valence-corrected chi connectivity index (χ4v) is 3.90. The van der Waals surface area contributed by atoms with E-state index in [0.29, 0.717) is 42.5 Å². The summed E-state index contributed by atoms with van der Waals surface area (Å²) in [6, 6.07) is 5.47. The highest BCUT2D eigenvalue weighted by Crippen LogP contribution is 2.31. The summed E-state index contributed by atoms with van der Waals surface area (Å²) in [4.78, 5) is 20.3. The predicted molar refractivity (Wildman–Crippen MR) is 124 cm³/mol. The van der Waals surface area contributed by atoms with E-state index in [1.54, 1.807) is 24.5 Å². The third kappa shape index (κ3) is 6.21. The molecule has 9 heteroatoms. The second-order valence-corrected chi connectivity index (χ2v) is 8.14. The number of nitrogens with zero attached hydrogens (tertiary/aromatic N) is 2. The number of hydrogen-bond acceptors (Lipinski definition) is 8. The summed E-state index contributed by atoms with van der Waals surface area (Å²) >= 11 is 0. The molecule has 0 saturated heterocycles. The molecule has 33 heavy (non-hydrogen) atoms. The van der Waals surface area contributed by atoms with Crippen molar-refractivity contribution in [3.8, 4) is 11.6 Å². The topological polar surface area (TPSA) is 129 Å². The number of carboxylic acids is 1. The van der Waals surface area contributed by atoms with Gasteiger partial charge < -0.3 is 30.6 Å². The Labute approximate surface area is 192 Å². The summed E-state index contributed by atoms with van der Waals surface area (Å²) in [6.07, 6.45) is 9.22. The molecule has 0 fully saturated rings. The van der Waals surface area contributed by atoms with Crippen molar-refractivity contribution in [2.75, 3.05) is 25.1 Å². The van der Waals surface area contributed by atoms with Crippen molar-refractivity contribution < 1.29 is 19.4 Å². The van der Waals surface area contributed by atoms with Gasteiger partial charge in [0.1, 0.15) is 19.0 Å². The zero-order valence-corrected chi connectivity index (χ0v) is 18.5. The highest BCUT2D eigenvalue weighted by atomic mass is 16.6. The Morgan fingerprint density at radius 1 is 1.33 bits per heavy atom. The van der Waals surface area contributed by atoms with Gasteiger partial charge in [0.2, 0.25) is 0 Å². The Bertz CT molecular complexity index is 1040. The number of fused-ring (bicyclic) bond motifs is 2. The molecule has 4 N–H and O–H groups in total. The molecule has 0 spiro atoms. The van der Waals surface area contributed by atoms with Gasteiger partial charge in [-0.05, 0) is 67.6 Å². The molecule has 1 unspecified atom stereocenters. The SMILES string of the molecule is N=C(/C=C\NC(CC(=O)O)c1cnc2c(c1)OCCO2)CCCc1ccc2c(n1)NCCC2. The zero-order chi connectivity index (χ0) is 23.0. The quantitative estimate of drug-likeness (QED) is 0.405. The van der Waals surface area contributed by atoms with Gasteiger partial charge in [-0.2, -0.15) is 0 Å². The summed E-state index contributed by atoms with van der Waals surface area (Å²) in [5.41, 5.74) is 3.46. The number of nitrogens with one attached hydrogen (secondary N) is 3. The van der Waals surface area contributed by atoms with Crippen LogP contribution in [0, 0.1) is 5.41 Å². The van der Waals surface area contributed by atoms with Gasteiger partial charge in [-0.15, -0.1) is 0 Å². The highest BCUT2D eigenvalue weighted by Gasteiger charge is 2.19. The minimum atomic E-state index is -0.932. The van der Waals surface area contributed by atoms with Gasteiger partial charge in [-0.25, -0.2) is 9.97 Å². The molecule has 2 aliphatic rings. The Morgan fingerprint density at radius 3 is 3.09 bits per heavy atom. The lowest BCUT2D eigenvalue weighted by molar-refractivity contribution is -0.137. The first-order valence-corrected chi connectivity index (χ1v) is 11.3. The van der Waals surface area contributed by atoms with Crippen molar-refractivity contribution in [3.63, 3.8) is 0 Å². The van der Waals surface area contributed by atoms with E-state index in [9.17, 15) is 9.90 Å². The molecule has 2 aromatic heterocycles. The number of pyridine rings is 2. The van der Waals surface area contributed by atoms with Crippen LogP contribution in [0.4, 0.5) is 5.82 Å². The van der Waals surface area contributed by atoms with Gasteiger partial charge in [0, 0.05) is 24.1 Å². The van der Waals surface area contributed by atoms with Crippen LogP contribution in [-0.4, -0.2) is 46.5 Å². The summed E-state index contributed by atoms with van der Waals surface area (Å²) in [6.45, 7) is 1.85. The molecule has 2 aromatic rings. The van der Waals surface area contributed by atoms with E-state index in [0.717, 1.165) is 43.7 Å². The zero-order valence-electron chi connectivity index (χ0n) is 18.5. The number of carbonyl (C=O) groups is 1. The number of aromatic nitrogens is 2. The highest BCUT2D eigenvalue weighted by molar-refractivity contribution is 5.92. The van der Waals surface area contributed by atoms with E-state index in [1.807, 2.05) is 0 Å². The number of allylic oxidation sites excluding steroid dienone is 1. The lowest BCUT2D eigenvalue weighted by atomic mass is 10.0. The lowest BCUT2D eigenvalue weighted by Crippen LogP contribution is -2.21. The molecule has 4 rings (SSSR count). The standard InChI is InChI=1S/C24H29N5O4/c25-18(4-1-5-19-7-6-16-3-2-9-27-23(16)29-19)8-10-26-20(14-22(30)31)17-13-21-24(28-15-17)33-12-11-32-21/h6-8,10,13,15,20,25-26H,1-5,9,11-12,14H2,(H,27,29)(H,30,31)/b10-8-,25-18?. The van der Waals surface area contributed by atoms with Crippen molar-refractivity contribution in [1.82, 2.24) is 15.3 Å². The molecular formula is C24H29N5O4. The molecule has 174 valence electrons. The van der Waals surface area contributed by atoms with Crippen molar-refractivity contribution in [2.45, 2.75) is 44.6 Å². The predicted octanol–water partition coefficient (Wildman–Crippen LogP) is 3.27. The fourth-order valence-electron chi connectivity index (χ4n) is 3.90. The third-order valence-electron chi connectivity index (χ3n) is 5.61. The third-order valence-corrected chi connectivity index (χ3v) is 5.61. The van der Waals surface area contributed by atoms with Gasteiger partial charge in [0.25, 0.3) is 5.88 Å². The normalized spacial score (nSPS) is 15.4. The number of aryl methyl sites for hydroxylation is 2. The van der Waals surface area contributed by atoms with Gasteiger partial charge in [0.15, 0.2) is 5.75 Å². The number of rotatable bonds is 10. The van der Waals surface area contributed by atoms with Crippen molar-refractivity contribution in [3.05, 3.63) is 53.5 Å². The molecular weight excluding hydrogens is 422 g/mol. The maximum atomic E-state index is 11.3. The maximum absolute atomic E-state index is 11.3. The van der Waals surface area contributed by atoms with E-state index < -0.39 is 12.0 Å². The van der Waals surface area contributed by atoms with Crippen molar-refractivity contribution in [1.29, 1.82) is 5.41 Å². The number of anilines is 1. The molecule has 0 amide bonds. The molecule has 4 heterocycles. The van der Waals surface area contributed by atoms with Crippen LogP contribution in [0.25, 0.3) is 0 Å². The van der Waals surface area contributed by atoms with E-state index in [-0.39, 0.29) is 6.42 Å². The first-order chi connectivity index (χ1) is 16.1. The van der Waals surface area contributed by atoms with E-state index in [2.05, 4.69) is 27.8 Å². The van der Waals surface area contributed by atoms with Crippen LogP contribution < -0.4 is 20.1 Å². The summed E-state index contributed by atoms with van der Waals surface area (Å²) in [5.74, 6) is 0.994. The molecule has 0 bridgehead atoms. The largest absolute Gasteiger partial charge is 0.484 e. The smallest absolute Gasteiger partial charge is 0.305 e. The minimum Gasteiger partial charge on any atom is -0.484 e. The average Bonchev–Trinajstić information content (AvgIpc) is 2.83. The first-order valence-electron chi connectivity index (χ1n) is 11.3. The van der Waals surface area contributed by atoms with Crippen LogP contribution in [0.15, 0.2) is 36.7 Å². The van der Waals surface area contributed by atoms with Gasteiger partial charge in [-0.3, -0.25) is 4.79 Å². The Morgan fingerprint density at radius 2 is 2.21 bits per heavy atom. The Hall–Kier alpha value is -3.62. The van der Waals surface area contributed by atoms with Crippen LogP contribution in [0.5, 0.6) is 11.6 Å². The van der Waals surface area contributed by atoms with Crippen LogP contribution >= 0.6 is 0 Å². The monoisotopic (exact) mass is 451 g/mol. The van der Waals surface area contributed by atoms with Crippen molar-refractivity contribution >= 4 is 17.5 Å². The maximum Gasteiger partial charge on any atom is 0.305 e. The summed E-state index contributed by atoms with van der Waals surface area (Å²) < 4.78 is 11.0. The number of aliphatic carboxylic acids is 1. The van der Waals surface area contributed by atoms with Crippen LogP contribution in [-0.2, 0) is 17.6 Å². The second kappa shape index (κ2) is 10.8.